The first-order valence-corrected chi connectivity index (χ1v) is 11.9. The molecule has 7 heteroatoms. The first-order valence-electron chi connectivity index (χ1n) is 11.9. The van der Waals surface area contributed by atoms with Gasteiger partial charge in [-0.2, -0.15) is 0 Å². The molecule has 3 amide bonds. The summed E-state index contributed by atoms with van der Waals surface area (Å²) in [7, 11) is 0. The molecule has 35 heavy (non-hydrogen) atoms. The number of alkyl carbamates (subject to hydrolysis) is 1. The highest BCUT2D eigenvalue weighted by atomic mass is 16.5. The van der Waals surface area contributed by atoms with Gasteiger partial charge in [0.1, 0.15) is 18.7 Å². The van der Waals surface area contributed by atoms with Gasteiger partial charge in [-0.3, -0.25) is 14.5 Å². The number of hydrogen-bond acceptors (Lipinski definition) is 4. The van der Waals surface area contributed by atoms with E-state index in [1.807, 2.05) is 42.5 Å². The molecule has 0 saturated carbocycles. The van der Waals surface area contributed by atoms with Gasteiger partial charge in [0.25, 0.3) is 0 Å². The Balaban J connectivity index is 1.19. The number of para-hydroxylation sites is 1. The minimum atomic E-state index is -0.800. The third-order valence-corrected chi connectivity index (χ3v) is 7.37. The van der Waals surface area contributed by atoms with Gasteiger partial charge in [0.2, 0.25) is 11.8 Å². The van der Waals surface area contributed by atoms with Crippen LogP contribution in [0, 0.1) is 0 Å². The number of amides is 3. The maximum atomic E-state index is 13.5. The van der Waals surface area contributed by atoms with Crippen molar-refractivity contribution in [2.24, 2.45) is 5.73 Å². The summed E-state index contributed by atoms with van der Waals surface area (Å²) >= 11 is 0. The number of carbonyl (C=O) groups is 3. The Morgan fingerprint density at radius 3 is 2.29 bits per heavy atom. The highest BCUT2D eigenvalue weighted by molar-refractivity contribution is 6.07. The molecule has 0 bridgehead atoms. The topological polar surface area (TPSA) is 102 Å². The number of benzene rings is 3. The molecule has 0 radical (unpaired) electrons. The molecule has 1 aliphatic carbocycles. The molecule has 0 unspecified atom stereocenters. The number of anilines is 1. The van der Waals surface area contributed by atoms with E-state index in [-0.39, 0.29) is 18.4 Å². The lowest BCUT2D eigenvalue weighted by Gasteiger charge is -2.26. The monoisotopic (exact) mass is 467 g/mol. The van der Waals surface area contributed by atoms with Gasteiger partial charge in [0, 0.05) is 12.3 Å². The summed E-state index contributed by atoms with van der Waals surface area (Å²) in [5, 5.41) is 2.76. The SMILES string of the molecule is NC(=O)[C@@H]1Cc2cccc3c2N1C(=O)[C@@H](NC(=O)OCC1c2ccccc2-c2ccccc21)CC3. The number of ether oxygens (including phenoxy) is 1. The van der Waals surface area contributed by atoms with Gasteiger partial charge in [-0.05, 0) is 46.2 Å². The Kier molecular flexibility index (Phi) is 5.06. The Bertz CT molecular complexity index is 1320. The number of aryl methyl sites for hydroxylation is 1. The van der Waals surface area contributed by atoms with Gasteiger partial charge in [0.05, 0.1) is 5.69 Å². The van der Waals surface area contributed by atoms with E-state index in [1.54, 1.807) is 0 Å². The van der Waals surface area contributed by atoms with Gasteiger partial charge in [-0.1, -0.05) is 66.7 Å². The average Bonchev–Trinajstić information content (AvgIpc) is 3.37. The second-order valence-corrected chi connectivity index (χ2v) is 9.32. The van der Waals surface area contributed by atoms with Crippen LogP contribution in [-0.4, -0.2) is 36.6 Å². The van der Waals surface area contributed by atoms with Crippen molar-refractivity contribution in [1.82, 2.24) is 5.32 Å². The number of fused-ring (bicyclic) bond motifs is 3. The van der Waals surface area contributed by atoms with Crippen LogP contribution in [0.2, 0.25) is 0 Å². The molecular formula is C28H25N3O4. The molecule has 0 fully saturated rings. The number of rotatable bonds is 4. The standard InChI is InChI=1S/C28H25N3O4/c29-26(32)24-14-17-7-5-6-16-12-13-23(27(33)31(24)25(16)17)30-28(34)35-15-22-20-10-3-1-8-18(20)19-9-2-4-11-21(19)22/h1-11,22-24H,12-15H2,(H2,29,32)(H,30,34)/t23-,24-/m0/s1. The lowest BCUT2D eigenvalue weighted by molar-refractivity contribution is -0.125. The number of carbonyl (C=O) groups excluding carboxylic acids is 3. The molecule has 3 N–H and O–H groups in total. The molecule has 2 atom stereocenters. The molecule has 0 aromatic heterocycles. The summed E-state index contributed by atoms with van der Waals surface area (Å²) in [5.74, 6) is -0.948. The Morgan fingerprint density at radius 2 is 1.60 bits per heavy atom. The van der Waals surface area contributed by atoms with E-state index in [2.05, 4.69) is 29.6 Å². The summed E-state index contributed by atoms with van der Waals surface area (Å²) in [5.41, 5.74) is 12.8. The molecule has 176 valence electrons. The van der Waals surface area contributed by atoms with Crippen molar-refractivity contribution >= 4 is 23.6 Å². The summed E-state index contributed by atoms with van der Waals surface area (Å²) in [6.07, 6.45) is 0.764. The second-order valence-electron chi connectivity index (χ2n) is 9.32. The molecule has 2 heterocycles. The zero-order valence-corrected chi connectivity index (χ0v) is 19.1. The maximum absolute atomic E-state index is 13.5. The number of nitrogens with zero attached hydrogens (tertiary/aromatic N) is 1. The zero-order valence-electron chi connectivity index (χ0n) is 19.1. The lowest BCUT2D eigenvalue weighted by Crippen LogP contribution is -2.53. The molecule has 7 nitrogen and oxygen atoms in total. The van der Waals surface area contributed by atoms with Crippen molar-refractivity contribution in [3.8, 4) is 11.1 Å². The van der Waals surface area contributed by atoms with Crippen molar-refractivity contribution in [2.75, 3.05) is 11.5 Å². The van der Waals surface area contributed by atoms with E-state index < -0.39 is 24.1 Å². The van der Waals surface area contributed by atoms with E-state index in [0.29, 0.717) is 19.3 Å². The third-order valence-electron chi connectivity index (χ3n) is 7.37. The fourth-order valence-corrected chi connectivity index (χ4v) is 5.77. The summed E-state index contributed by atoms with van der Waals surface area (Å²) in [6.45, 7) is 0.165. The fraction of sp³-hybridized carbons (Fsp3) is 0.250. The van der Waals surface area contributed by atoms with Crippen LogP contribution in [0.5, 0.6) is 0 Å². The minimum Gasteiger partial charge on any atom is -0.449 e. The van der Waals surface area contributed by atoms with Crippen LogP contribution in [0.3, 0.4) is 0 Å². The molecule has 0 spiro atoms. The van der Waals surface area contributed by atoms with Crippen LogP contribution >= 0.6 is 0 Å². The second kappa shape index (κ2) is 8.27. The molecule has 0 saturated heterocycles. The normalized spacial score (nSPS) is 20.0. The molecular weight excluding hydrogens is 442 g/mol. The van der Waals surface area contributed by atoms with Crippen LogP contribution in [0.4, 0.5) is 10.5 Å². The van der Waals surface area contributed by atoms with Gasteiger partial charge in [-0.15, -0.1) is 0 Å². The third kappa shape index (κ3) is 3.46. The van der Waals surface area contributed by atoms with E-state index in [1.165, 1.54) is 4.90 Å². The van der Waals surface area contributed by atoms with Gasteiger partial charge in [0.15, 0.2) is 0 Å². The Morgan fingerprint density at radius 1 is 0.943 bits per heavy atom. The molecule has 3 aromatic rings. The predicted molar refractivity (Wildman–Crippen MR) is 131 cm³/mol. The van der Waals surface area contributed by atoms with E-state index in [0.717, 1.165) is 39.1 Å². The van der Waals surface area contributed by atoms with Gasteiger partial charge >= 0.3 is 6.09 Å². The Labute approximate surface area is 202 Å². The highest BCUT2D eigenvalue weighted by Gasteiger charge is 2.43. The van der Waals surface area contributed by atoms with E-state index >= 15 is 0 Å². The zero-order chi connectivity index (χ0) is 24.1. The predicted octanol–water partition coefficient (Wildman–Crippen LogP) is 3.28. The highest BCUT2D eigenvalue weighted by Crippen LogP contribution is 2.44. The van der Waals surface area contributed by atoms with Crippen LogP contribution < -0.4 is 16.0 Å². The number of nitrogens with two attached hydrogens (primary N) is 1. The first kappa shape index (κ1) is 21.4. The number of nitrogens with one attached hydrogen (secondary N) is 1. The molecule has 6 rings (SSSR count). The summed E-state index contributed by atoms with van der Waals surface area (Å²) in [6, 6.07) is 20.5. The molecule has 2 aliphatic heterocycles. The fourth-order valence-electron chi connectivity index (χ4n) is 5.77. The summed E-state index contributed by atoms with van der Waals surface area (Å²) in [4.78, 5) is 39.9. The van der Waals surface area contributed by atoms with Crippen molar-refractivity contribution in [3.05, 3.63) is 89.0 Å². The van der Waals surface area contributed by atoms with Gasteiger partial charge in [-0.25, -0.2) is 4.79 Å². The van der Waals surface area contributed by atoms with Crippen molar-refractivity contribution in [2.45, 2.75) is 37.3 Å². The smallest absolute Gasteiger partial charge is 0.407 e. The molecule has 3 aliphatic rings. The van der Waals surface area contributed by atoms with Gasteiger partial charge < -0.3 is 15.8 Å². The Hall–Kier alpha value is -4.13. The summed E-state index contributed by atoms with van der Waals surface area (Å²) < 4.78 is 5.65. The van der Waals surface area contributed by atoms with Crippen molar-refractivity contribution in [1.29, 1.82) is 0 Å². The van der Waals surface area contributed by atoms with Crippen molar-refractivity contribution < 1.29 is 19.1 Å². The minimum absolute atomic E-state index is 0.0670. The van der Waals surface area contributed by atoms with Crippen LogP contribution in [0.15, 0.2) is 66.7 Å². The maximum Gasteiger partial charge on any atom is 0.407 e. The van der Waals surface area contributed by atoms with Crippen LogP contribution in [0.25, 0.3) is 11.1 Å². The quantitative estimate of drug-likeness (QED) is 0.615. The number of hydrogen-bond donors (Lipinski definition) is 2. The lowest BCUT2D eigenvalue weighted by atomic mass is 9.98. The van der Waals surface area contributed by atoms with E-state index in [4.69, 9.17) is 10.5 Å². The van der Waals surface area contributed by atoms with Crippen LogP contribution in [0.1, 0.15) is 34.6 Å². The average molecular weight is 468 g/mol. The van der Waals surface area contributed by atoms with Crippen LogP contribution in [-0.2, 0) is 27.2 Å². The first-order chi connectivity index (χ1) is 17.0. The number of primary amides is 1. The van der Waals surface area contributed by atoms with E-state index in [9.17, 15) is 14.4 Å². The molecule has 3 aromatic carbocycles. The van der Waals surface area contributed by atoms with Crippen molar-refractivity contribution in [3.63, 3.8) is 0 Å². The largest absolute Gasteiger partial charge is 0.449 e.